The van der Waals surface area contributed by atoms with Gasteiger partial charge in [0.05, 0.1) is 17.5 Å². The Morgan fingerprint density at radius 1 is 1.10 bits per heavy atom. The summed E-state index contributed by atoms with van der Waals surface area (Å²) >= 11 is 1.36. The number of carboxylic acids is 1. The molecule has 2 fully saturated rings. The molecule has 1 N–H and O–H groups in total. The maximum Gasteiger partial charge on any atom is 0.306 e. The van der Waals surface area contributed by atoms with Crippen molar-refractivity contribution < 1.29 is 19.5 Å². The second-order valence-electron chi connectivity index (χ2n) is 8.20. The Morgan fingerprint density at radius 3 is 2.55 bits per heavy atom. The molecule has 2 amide bonds. The summed E-state index contributed by atoms with van der Waals surface area (Å²) in [5.41, 5.74) is 1.57. The fraction of sp³-hybridized carbons (Fsp3) is 0.500. The summed E-state index contributed by atoms with van der Waals surface area (Å²) in [6.07, 6.45) is 5.95. The van der Waals surface area contributed by atoms with Crippen LogP contribution in [0.1, 0.15) is 41.0 Å². The molecule has 0 aromatic carbocycles. The van der Waals surface area contributed by atoms with E-state index in [2.05, 4.69) is 9.97 Å². The van der Waals surface area contributed by atoms with Crippen LogP contribution in [0, 0.1) is 18.8 Å². The highest BCUT2D eigenvalue weighted by Gasteiger charge is 2.35. The molecule has 9 heteroatoms. The predicted octanol–water partition coefficient (Wildman–Crippen LogP) is 2.69. The SMILES string of the molecule is Cc1nc(-c2cccnc2)sc1C(=O)N1CCCC(C(=O)N2CCC(C(=O)O)CC2)C1. The first-order valence-corrected chi connectivity index (χ1v) is 11.4. The first kappa shape index (κ1) is 21.4. The van der Waals surface area contributed by atoms with Gasteiger partial charge in [0, 0.05) is 44.1 Å². The van der Waals surface area contributed by atoms with Crippen LogP contribution in [-0.2, 0) is 9.59 Å². The molecule has 8 nitrogen and oxygen atoms in total. The number of nitrogens with zero attached hydrogens (tertiary/aromatic N) is 4. The summed E-state index contributed by atoms with van der Waals surface area (Å²) < 4.78 is 0. The highest BCUT2D eigenvalue weighted by molar-refractivity contribution is 7.17. The van der Waals surface area contributed by atoms with E-state index in [1.165, 1.54) is 11.3 Å². The van der Waals surface area contributed by atoms with Gasteiger partial charge >= 0.3 is 5.97 Å². The van der Waals surface area contributed by atoms with E-state index in [0.29, 0.717) is 49.6 Å². The molecule has 0 spiro atoms. The van der Waals surface area contributed by atoms with Gasteiger partial charge in [0.25, 0.3) is 5.91 Å². The van der Waals surface area contributed by atoms with Crippen LogP contribution in [0.5, 0.6) is 0 Å². The molecule has 0 aliphatic carbocycles. The molecular weight excluding hydrogens is 416 g/mol. The lowest BCUT2D eigenvalue weighted by Crippen LogP contribution is -2.49. The number of thiazole rings is 1. The van der Waals surface area contributed by atoms with Gasteiger partial charge in [0.1, 0.15) is 9.88 Å². The average Bonchev–Trinajstić information content (AvgIpc) is 3.20. The van der Waals surface area contributed by atoms with Crippen molar-refractivity contribution in [1.29, 1.82) is 0 Å². The van der Waals surface area contributed by atoms with Crippen LogP contribution in [0.2, 0.25) is 0 Å². The third-order valence-corrected chi connectivity index (χ3v) is 7.31. The minimum Gasteiger partial charge on any atom is -0.481 e. The third kappa shape index (κ3) is 4.61. The van der Waals surface area contributed by atoms with Gasteiger partial charge in [-0.2, -0.15) is 0 Å². The number of hydrogen-bond acceptors (Lipinski definition) is 6. The van der Waals surface area contributed by atoms with Crippen LogP contribution in [0.15, 0.2) is 24.5 Å². The van der Waals surface area contributed by atoms with Crippen LogP contribution in [-0.4, -0.2) is 68.8 Å². The zero-order valence-electron chi connectivity index (χ0n) is 17.5. The zero-order valence-corrected chi connectivity index (χ0v) is 18.3. The lowest BCUT2D eigenvalue weighted by atomic mass is 9.93. The van der Waals surface area contributed by atoms with Crippen molar-refractivity contribution in [2.45, 2.75) is 32.6 Å². The first-order valence-electron chi connectivity index (χ1n) is 10.6. The molecule has 2 aromatic rings. The predicted molar refractivity (Wildman–Crippen MR) is 116 cm³/mol. The van der Waals surface area contributed by atoms with Gasteiger partial charge in [-0.3, -0.25) is 19.4 Å². The molecule has 2 aromatic heterocycles. The largest absolute Gasteiger partial charge is 0.481 e. The summed E-state index contributed by atoms with van der Waals surface area (Å²) in [5, 5.41) is 9.92. The minimum absolute atomic E-state index is 0.0402. The highest BCUT2D eigenvalue weighted by Crippen LogP contribution is 2.30. The zero-order chi connectivity index (χ0) is 22.0. The van der Waals surface area contributed by atoms with Crippen LogP contribution < -0.4 is 0 Å². The van der Waals surface area contributed by atoms with Crippen LogP contribution in [0.4, 0.5) is 0 Å². The van der Waals surface area contributed by atoms with Crippen molar-refractivity contribution >= 4 is 29.1 Å². The summed E-state index contributed by atoms with van der Waals surface area (Å²) in [4.78, 5) is 50.2. The van der Waals surface area contributed by atoms with Crippen molar-refractivity contribution in [2.24, 2.45) is 11.8 Å². The Hall–Kier alpha value is -2.81. The maximum atomic E-state index is 13.2. The fourth-order valence-corrected chi connectivity index (χ4v) is 5.34. The standard InChI is InChI=1S/C22H26N4O4S/c1-14-18(31-19(24-14)16-4-2-8-23-12-16)21(28)26-9-3-5-17(13-26)20(27)25-10-6-15(7-11-25)22(29)30/h2,4,8,12,15,17H,3,5-7,9-11,13H2,1H3,(H,29,30). The van der Waals surface area contributed by atoms with Gasteiger partial charge < -0.3 is 14.9 Å². The molecular formula is C22H26N4O4S. The number of rotatable bonds is 4. The van der Waals surface area contributed by atoms with Gasteiger partial charge in [-0.25, -0.2) is 4.98 Å². The van der Waals surface area contributed by atoms with Crippen molar-refractivity contribution in [3.63, 3.8) is 0 Å². The number of likely N-dealkylation sites (tertiary alicyclic amines) is 2. The highest BCUT2D eigenvalue weighted by atomic mass is 32.1. The van der Waals surface area contributed by atoms with Gasteiger partial charge in [0.15, 0.2) is 0 Å². The maximum absolute atomic E-state index is 13.2. The topological polar surface area (TPSA) is 104 Å². The molecule has 0 bridgehead atoms. The lowest BCUT2D eigenvalue weighted by Gasteiger charge is -2.37. The smallest absolute Gasteiger partial charge is 0.306 e. The van der Waals surface area contributed by atoms with E-state index in [-0.39, 0.29) is 23.7 Å². The molecule has 2 aliphatic heterocycles. The van der Waals surface area contributed by atoms with Crippen LogP contribution >= 0.6 is 11.3 Å². The summed E-state index contributed by atoms with van der Waals surface area (Å²) in [7, 11) is 0. The second kappa shape index (κ2) is 9.13. The molecule has 2 aliphatic rings. The van der Waals surface area contributed by atoms with Gasteiger partial charge in [0.2, 0.25) is 5.91 Å². The molecule has 0 saturated carbocycles. The van der Waals surface area contributed by atoms with Gasteiger partial charge in [-0.15, -0.1) is 11.3 Å². The van der Waals surface area contributed by atoms with Crippen LogP contribution in [0.25, 0.3) is 10.6 Å². The third-order valence-electron chi connectivity index (χ3n) is 6.11. The fourth-order valence-electron chi connectivity index (χ4n) is 4.32. The van der Waals surface area contributed by atoms with E-state index < -0.39 is 5.97 Å². The molecule has 4 rings (SSSR count). The number of carboxylic acid groups (broad SMARTS) is 1. The molecule has 1 atom stereocenters. The first-order chi connectivity index (χ1) is 14.9. The number of carbonyl (C=O) groups excluding carboxylic acids is 2. The quantitative estimate of drug-likeness (QED) is 0.781. The van der Waals surface area contributed by atoms with Gasteiger partial charge in [-0.1, -0.05) is 0 Å². The van der Waals surface area contributed by atoms with E-state index in [1.807, 2.05) is 19.1 Å². The average molecular weight is 443 g/mol. The number of pyridine rings is 1. The summed E-state index contributed by atoms with van der Waals surface area (Å²) in [6.45, 7) is 3.81. The van der Waals surface area contributed by atoms with Crippen molar-refractivity contribution in [3.8, 4) is 10.6 Å². The van der Waals surface area contributed by atoms with Crippen molar-refractivity contribution in [2.75, 3.05) is 26.2 Å². The Morgan fingerprint density at radius 2 is 1.87 bits per heavy atom. The Bertz CT molecular complexity index is 969. The van der Waals surface area contributed by atoms with E-state index in [9.17, 15) is 14.4 Å². The number of aromatic nitrogens is 2. The number of amides is 2. The number of aliphatic carboxylic acids is 1. The molecule has 0 radical (unpaired) electrons. The van der Waals surface area contributed by atoms with Gasteiger partial charge in [-0.05, 0) is 44.7 Å². The number of hydrogen-bond donors (Lipinski definition) is 1. The van der Waals surface area contributed by atoms with Crippen LogP contribution in [0.3, 0.4) is 0 Å². The minimum atomic E-state index is -0.785. The Labute approximate surface area is 184 Å². The Kier molecular flexibility index (Phi) is 6.31. The molecule has 164 valence electrons. The molecule has 31 heavy (non-hydrogen) atoms. The number of aryl methyl sites for hydroxylation is 1. The number of carbonyl (C=O) groups is 3. The monoisotopic (exact) mass is 442 g/mol. The number of piperidine rings is 2. The van der Waals surface area contributed by atoms with E-state index in [0.717, 1.165) is 23.4 Å². The summed E-state index contributed by atoms with van der Waals surface area (Å²) in [6, 6.07) is 3.76. The van der Waals surface area contributed by atoms with E-state index >= 15 is 0 Å². The molecule has 2 saturated heterocycles. The molecule has 4 heterocycles. The molecule has 1 unspecified atom stereocenters. The van der Waals surface area contributed by atoms with Crippen molar-refractivity contribution in [1.82, 2.24) is 19.8 Å². The van der Waals surface area contributed by atoms with Crippen molar-refractivity contribution in [3.05, 3.63) is 35.1 Å². The van der Waals surface area contributed by atoms with E-state index in [4.69, 9.17) is 5.11 Å². The lowest BCUT2D eigenvalue weighted by molar-refractivity contribution is -0.147. The second-order valence-corrected chi connectivity index (χ2v) is 9.20. The Balaban J connectivity index is 1.42. The summed E-state index contributed by atoms with van der Waals surface area (Å²) in [5.74, 6) is -1.42. The normalized spacial score (nSPS) is 20.0. The van der Waals surface area contributed by atoms with E-state index in [1.54, 1.807) is 22.2 Å².